The van der Waals surface area contributed by atoms with Crippen molar-refractivity contribution in [1.29, 1.82) is 0 Å². The van der Waals surface area contributed by atoms with Crippen molar-refractivity contribution in [3.8, 4) is 0 Å². The molecule has 1 aromatic carbocycles. The Kier molecular flexibility index (Phi) is 3.66. The molecular formula is C15H13ClN4O. The van der Waals surface area contributed by atoms with Gasteiger partial charge in [-0.05, 0) is 25.1 Å². The van der Waals surface area contributed by atoms with Gasteiger partial charge in [-0.25, -0.2) is 15.0 Å². The minimum Gasteiger partial charge on any atom is -0.289 e. The lowest BCUT2D eigenvalue weighted by molar-refractivity contribution is 0.665. The first-order valence-corrected chi connectivity index (χ1v) is 6.99. The molecule has 0 saturated heterocycles. The minimum absolute atomic E-state index is 0.110. The van der Waals surface area contributed by atoms with Gasteiger partial charge >= 0.3 is 0 Å². The molecule has 2 aromatic heterocycles. The second-order valence-corrected chi connectivity index (χ2v) is 5.35. The molecule has 0 amide bonds. The summed E-state index contributed by atoms with van der Waals surface area (Å²) in [6, 6.07) is 9.03. The third kappa shape index (κ3) is 2.64. The predicted molar refractivity (Wildman–Crippen MR) is 81.4 cm³/mol. The molecule has 21 heavy (non-hydrogen) atoms. The van der Waals surface area contributed by atoms with Crippen LogP contribution in [0, 0.1) is 0 Å². The van der Waals surface area contributed by atoms with Crippen molar-refractivity contribution < 1.29 is 0 Å². The van der Waals surface area contributed by atoms with E-state index in [1.54, 1.807) is 29.8 Å². The average Bonchev–Trinajstić information content (AvgIpc) is 2.51. The highest BCUT2D eigenvalue weighted by atomic mass is 35.5. The molecule has 0 N–H and O–H groups in total. The molecule has 0 saturated carbocycles. The Morgan fingerprint density at radius 1 is 1.29 bits per heavy atom. The Bertz CT molecular complexity index is 830. The third-order valence-corrected chi connectivity index (χ3v) is 3.41. The molecule has 0 spiro atoms. The second kappa shape index (κ2) is 5.61. The molecule has 0 radical (unpaired) electrons. The van der Waals surface area contributed by atoms with Crippen LogP contribution in [0.4, 0.5) is 0 Å². The van der Waals surface area contributed by atoms with Gasteiger partial charge in [0.15, 0.2) is 0 Å². The van der Waals surface area contributed by atoms with Crippen LogP contribution in [0.3, 0.4) is 0 Å². The first-order chi connectivity index (χ1) is 10.2. The molecule has 0 aliphatic rings. The Labute approximate surface area is 126 Å². The average molecular weight is 301 g/mol. The van der Waals surface area contributed by atoms with E-state index in [-0.39, 0.29) is 10.9 Å². The second-order valence-electron chi connectivity index (χ2n) is 4.70. The first kappa shape index (κ1) is 13.7. The fourth-order valence-electron chi connectivity index (χ4n) is 2.22. The lowest BCUT2D eigenvalue weighted by atomic mass is 10.2. The van der Waals surface area contributed by atoms with E-state index >= 15 is 0 Å². The van der Waals surface area contributed by atoms with E-state index in [4.69, 9.17) is 11.6 Å². The molecule has 3 rings (SSSR count). The zero-order chi connectivity index (χ0) is 14.8. The van der Waals surface area contributed by atoms with Gasteiger partial charge in [-0.1, -0.05) is 12.1 Å². The zero-order valence-electron chi connectivity index (χ0n) is 11.4. The molecule has 106 valence electrons. The van der Waals surface area contributed by atoms with Crippen molar-refractivity contribution in [2.75, 3.05) is 0 Å². The van der Waals surface area contributed by atoms with Crippen molar-refractivity contribution >= 4 is 22.5 Å². The van der Waals surface area contributed by atoms with E-state index in [1.165, 1.54) is 6.33 Å². The summed E-state index contributed by atoms with van der Waals surface area (Å²) >= 11 is 6.19. The van der Waals surface area contributed by atoms with Crippen LogP contribution in [-0.4, -0.2) is 19.5 Å². The molecule has 0 aliphatic heterocycles. The van der Waals surface area contributed by atoms with Gasteiger partial charge in [-0.15, -0.1) is 11.6 Å². The van der Waals surface area contributed by atoms with Crippen molar-refractivity contribution in [3.63, 3.8) is 0 Å². The molecule has 6 heteroatoms. The van der Waals surface area contributed by atoms with Crippen molar-refractivity contribution in [2.24, 2.45) is 0 Å². The Morgan fingerprint density at radius 2 is 2.10 bits per heavy atom. The molecule has 3 aromatic rings. The number of hydrogen-bond acceptors (Lipinski definition) is 4. The van der Waals surface area contributed by atoms with Crippen LogP contribution in [0.5, 0.6) is 0 Å². The highest BCUT2D eigenvalue weighted by Gasteiger charge is 2.15. The summed E-state index contributed by atoms with van der Waals surface area (Å²) in [7, 11) is 0. The fourth-order valence-corrected chi connectivity index (χ4v) is 2.38. The van der Waals surface area contributed by atoms with Crippen LogP contribution in [0.2, 0.25) is 0 Å². The van der Waals surface area contributed by atoms with Gasteiger partial charge in [-0.2, -0.15) is 0 Å². The van der Waals surface area contributed by atoms with Gasteiger partial charge < -0.3 is 0 Å². The van der Waals surface area contributed by atoms with Gasteiger partial charge in [-0.3, -0.25) is 9.36 Å². The maximum atomic E-state index is 12.7. The van der Waals surface area contributed by atoms with Gasteiger partial charge in [0.25, 0.3) is 5.56 Å². The lowest BCUT2D eigenvalue weighted by Crippen LogP contribution is -2.26. The fraction of sp³-hybridized carbons (Fsp3) is 0.200. The molecule has 1 unspecified atom stereocenters. The van der Waals surface area contributed by atoms with E-state index < -0.39 is 0 Å². The van der Waals surface area contributed by atoms with Gasteiger partial charge in [0, 0.05) is 6.20 Å². The Balaban J connectivity index is 2.22. The Hall–Kier alpha value is -2.27. The summed E-state index contributed by atoms with van der Waals surface area (Å²) in [6.07, 6.45) is 3.10. The molecule has 2 heterocycles. The number of fused-ring (bicyclic) bond motifs is 1. The van der Waals surface area contributed by atoms with Crippen LogP contribution < -0.4 is 5.56 Å². The maximum Gasteiger partial charge on any atom is 0.261 e. The van der Waals surface area contributed by atoms with E-state index in [2.05, 4.69) is 15.0 Å². The van der Waals surface area contributed by atoms with Gasteiger partial charge in [0.05, 0.1) is 28.5 Å². The summed E-state index contributed by atoms with van der Waals surface area (Å²) < 4.78 is 1.57. The summed E-state index contributed by atoms with van der Waals surface area (Å²) in [5.74, 6) is 0.541. The largest absolute Gasteiger partial charge is 0.289 e. The summed E-state index contributed by atoms with van der Waals surface area (Å²) in [5.41, 5.74) is 1.29. The quantitative estimate of drug-likeness (QED) is 0.697. The topological polar surface area (TPSA) is 60.7 Å². The van der Waals surface area contributed by atoms with Crippen molar-refractivity contribution in [3.05, 3.63) is 64.7 Å². The third-order valence-electron chi connectivity index (χ3n) is 3.21. The van der Waals surface area contributed by atoms with Crippen molar-refractivity contribution in [1.82, 2.24) is 19.5 Å². The van der Waals surface area contributed by atoms with E-state index in [0.29, 0.717) is 23.3 Å². The smallest absolute Gasteiger partial charge is 0.261 e. The first-order valence-electron chi connectivity index (χ1n) is 6.55. The number of nitrogens with zero attached hydrogens (tertiary/aromatic N) is 4. The van der Waals surface area contributed by atoms with E-state index in [1.807, 2.05) is 18.2 Å². The normalized spacial score (nSPS) is 12.5. The highest BCUT2D eigenvalue weighted by molar-refractivity contribution is 6.20. The van der Waals surface area contributed by atoms with E-state index in [9.17, 15) is 4.79 Å². The van der Waals surface area contributed by atoms with E-state index in [0.717, 1.165) is 5.69 Å². The van der Waals surface area contributed by atoms with Gasteiger partial charge in [0.2, 0.25) is 0 Å². The summed E-state index contributed by atoms with van der Waals surface area (Å²) in [6.45, 7) is 2.13. The molecule has 0 fully saturated rings. The zero-order valence-corrected chi connectivity index (χ0v) is 12.2. The molecule has 0 bridgehead atoms. The number of rotatable bonds is 3. The van der Waals surface area contributed by atoms with Crippen molar-refractivity contribution in [2.45, 2.75) is 18.8 Å². The number of aromatic nitrogens is 4. The lowest BCUT2D eigenvalue weighted by Gasteiger charge is -2.14. The van der Waals surface area contributed by atoms with Gasteiger partial charge in [0.1, 0.15) is 12.2 Å². The van der Waals surface area contributed by atoms with Crippen LogP contribution in [0.25, 0.3) is 10.9 Å². The standard InChI is InChI=1S/C15H13ClN4O/c1-10(16)14-19-13-5-3-2-4-12(13)15(21)20(14)8-11-6-7-17-9-18-11/h2-7,9-10H,8H2,1H3. The number of halogens is 1. The summed E-state index contributed by atoms with van der Waals surface area (Å²) in [5, 5.41) is 0.205. The number of alkyl halides is 1. The predicted octanol–water partition coefficient (Wildman–Crippen LogP) is 2.53. The van der Waals surface area contributed by atoms with Crippen LogP contribution in [-0.2, 0) is 6.54 Å². The monoisotopic (exact) mass is 300 g/mol. The highest BCUT2D eigenvalue weighted by Crippen LogP contribution is 2.19. The maximum absolute atomic E-state index is 12.7. The molecular weight excluding hydrogens is 288 g/mol. The van der Waals surface area contributed by atoms with Crippen LogP contribution in [0.1, 0.15) is 23.8 Å². The Morgan fingerprint density at radius 3 is 2.81 bits per heavy atom. The number of para-hydroxylation sites is 1. The molecule has 5 nitrogen and oxygen atoms in total. The van der Waals surface area contributed by atoms with Crippen LogP contribution >= 0.6 is 11.6 Å². The number of hydrogen-bond donors (Lipinski definition) is 0. The number of benzene rings is 1. The molecule has 0 aliphatic carbocycles. The minimum atomic E-state index is -0.371. The SMILES string of the molecule is CC(Cl)c1nc2ccccc2c(=O)n1Cc1ccncn1. The van der Waals surface area contributed by atoms with Crippen LogP contribution in [0.15, 0.2) is 47.7 Å². The summed E-state index contributed by atoms with van der Waals surface area (Å²) in [4.78, 5) is 25.2. The molecule has 1 atom stereocenters.